The molecule has 2 heterocycles. The Bertz CT molecular complexity index is 1200. The fourth-order valence-corrected chi connectivity index (χ4v) is 4.17. The summed E-state index contributed by atoms with van der Waals surface area (Å²) in [5.74, 6) is 0.0647. The number of nitrogens with one attached hydrogen (secondary N) is 1. The highest BCUT2D eigenvalue weighted by Gasteiger charge is 2.36. The van der Waals surface area contributed by atoms with Gasteiger partial charge in [-0.3, -0.25) is 14.8 Å². The fraction of sp³-hybridized carbons (Fsp3) is 0.208. The van der Waals surface area contributed by atoms with E-state index in [4.69, 9.17) is 0 Å². The van der Waals surface area contributed by atoms with Gasteiger partial charge in [0, 0.05) is 34.9 Å². The molecule has 2 aromatic carbocycles. The number of benzene rings is 2. The summed E-state index contributed by atoms with van der Waals surface area (Å²) in [6.07, 6.45) is 6.36. The lowest BCUT2D eigenvalue weighted by Crippen LogP contribution is -2.41. The highest BCUT2D eigenvalue weighted by Crippen LogP contribution is 2.38. The molecular formula is C24H21N3O2. The maximum atomic E-state index is 13.2. The molecule has 1 saturated carbocycles. The zero-order valence-corrected chi connectivity index (χ0v) is 15.8. The molecule has 4 aromatic rings. The first-order valence-electron chi connectivity index (χ1n) is 9.85. The number of carbonyl (C=O) groups is 1. The summed E-state index contributed by atoms with van der Waals surface area (Å²) in [5, 5.41) is 15.9. The van der Waals surface area contributed by atoms with Gasteiger partial charge in [-0.05, 0) is 54.0 Å². The molecule has 0 bridgehead atoms. The third-order valence-corrected chi connectivity index (χ3v) is 5.80. The van der Waals surface area contributed by atoms with Crippen molar-refractivity contribution in [3.05, 3.63) is 84.3 Å². The van der Waals surface area contributed by atoms with Gasteiger partial charge in [0.25, 0.3) is 5.91 Å². The first-order chi connectivity index (χ1) is 14.2. The molecule has 1 aliphatic rings. The van der Waals surface area contributed by atoms with Crippen molar-refractivity contribution in [2.45, 2.75) is 25.0 Å². The quantitative estimate of drug-likeness (QED) is 0.558. The van der Waals surface area contributed by atoms with Crippen molar-refractivity contribution in [1.82, 2.24) is 15.3 Å². The first kappa shape index (κ1) is 17.8. The number of aliphatic hydroxyl groups excluding tert-OH is 1. The third kappa shape index (κ3) is 3.34. The van der Waals surface area contributed by atoms with Crippen molar-refractivity contribution < 1.29 is 9.90 Å². The van der Waals surface area contributed by atoms with Gasteiger partial charge in [-0.15, -0.1) is 0 Å². The molecule has 5 nitrogen and oxygen atoms in total. The number of hydrogen-bond donors (Lipinski definition) is 2. The van der Waals surface area contributed by atoms with Crippen molar-refractivity contribution in [2.24, 2.45) is 5.92 Å². The van der Waals surface area contributed by atoms with E-state index in [1.165, 1.54) is 0 Å². The van der Waals surface area contributed by atoms with Gasteiger partial charge in [0.15, 0.2) is 0 Å². The second-order valence-corrected chi connectivity index (χ2v) is 7.70. The molecule has 144 valence electrons. The van der Waals surface area contributed by atoms with Gasteiger partial charge in [0.2, 0.25) is 0 Å². The number of fused-ring (bicyclic) bond motifs is 2. The van der Waals surface area contributed by atoms with Crippen LogP contribution in [-0.2, 0) is 0 Å². The molecule has 5 heteroatoms. The Morgan fingerprint density at radius 3 is 2.72 bits per heavy atom. The monoisotopic (exact) mass is 383 g/mol. The minimum atomic E-state index is -0.295. The van der Waals surface area contributed by atoms with Gasteiger partial charge < -0.3 is 10.4 Å². The SMILES string of the molecule is O=C(N[C@H](c1cnc2ccccc2c1)C1CC(O)C1)c1cccc2cnccc12. The number of nitrogens with zero attached hydrogens (tertiary/aromatic N) is 2. The minimum Gasteiger partial charge on any atom is -0.393 e. The van der Waals surface area contributed by atoms with E-state index in [0.29, 0.717) is 18.4 Å². The standard InChI is InChI=1S/C24H21N3O2/c28-19-11-17(12-19)23(18-10-15-4-1-2-7-22(15)26-14-18)27-24(29)21-6-3-5-16-13-25-9-8-20(16)21/h1-10,13-14,17,19,23,28H,11-12H2,(H,27,29)/t17?,19?,23-/m0/s1. The zero-order valence-electron chi connectivity index (χ0n) is 15.8. The van der Waals surface area contributed by atoms with E-state index < -0.39 is 0 Å². The van der Waals surface area contributed by atoms with Crippen molar-refractivity contribution in [3.63, 3.8) is 0 Å². The summed E-state index contributed by atoms with van der Waals surface area (Å²) in [6.45, 7) is 0. The van der Waals surface area contributed by atoms with Crippen LogP contribution in [0.4, 0.5) is 0 Å². The van der Waals surface area contributed by atoms with Gasteiger partial charge in [0.1, 0.15) is 0 Å². The molecule has 1 fully saturated rings. The van der Waals surface area contributed by atoms with E-state index in [-0.39, 0.29) is 24.0 Å². The first-order valence-corrected chi connectivity index (χ1v) is 9.85. The lowest BCUT2D eigenvalue weighted by atomic mass is 9.75. The van der Waals surface area contributed by atoms with Crippen LogP contribution in [0, 0.1) is 5.92 Å². The number of pyridine rings is 2. The van der Waals surface area contributed by atoms with Crippen molar-refractivity contribution >= 4 is 27.6 Å². The average molecular weight is 383 g/mol. The fourth-order valence-electron chi connectivity index (χ4n) is 4.17. The normalized spacial score (nSPS) is 19.6. The highest BCUT2D eigenvalue weighted by atomic mass is 16.3. The Hall–Kier alpha value is -3.31. The molecule has 0 unspecified atom stereocenters. The van der Waals surface area contributed by atoms with Crippen LogP contribution in [0.2, 0.25) is 0 Å². The summed E-state index contributed by atoms with van der Waals surface area (Å²) in [5.41, 5.74) is 2.52. The number of para-hydroxylation sites is 1. The Balaban J connectivity index is 1.50. The summed E-state index contributed by atoms with van der Waals surface area (Å²) in [4.78, 5) is 21.9. The number of hydrogen-bond acceptors (Lipinski definition) is 4. The molecule has 1 aliphatic carbocycles. The molecule has 1 amide bonds. The predicted molar refractivity (Wildman–Crippen MR) is 112 cm³/mol. The number of aromatic nitrogens is 2. The van der Waals surface area contributed by atoms with Gasteiger partial charge >= 0.3 is 0 Å². The van der Waals surface area contributed by atoms with E-state index in [2.05, 4.69) is 21.4 Å². The molecule has 29 heavy (non-hydrogen) atoms. The van der Waals surface area contributed by atoms with Crippen LogP contribution in [0.1, 0.15) is 34.8 Å². The smallest absolute Gasteiger partial charge is 0.252 e. The van der Waals surface area contributed by atoms with Crippen LogP contribution in [0.25, 0.3) is 21.7 Å². The molecule has 0 radical (unpaired) electrons. The summed E-state index contributed by atoms with van der Waals surface area (Å²) in [7, 11) is 0. The maximum absolute atomic E-state index is 13.2. The van der Waals surface area contributed by atoms with Crippen LogP contribution < -0.4 is 5.32 Å². The minimum absolute atomic E-state index is 0.124. The lowest BCUT2D eigenvalue weighted by molar-refractivity contribution is 0.0235. The molecule has 0 spiro atoms. The van der Waals surface area contributed by atoms with Gasteiger partial charge in [-0.2, -0.15) is 0 Å². The van der Waals surface area contributed by atoms with E-state index in [1.54, 1.807) is 12.4 Å². The molecular weight excluding hydrogens is 362 g/mol. The average Bonchev–Trinajstić information content (AvgIpc) is 2.74. The summed E-state index contributed by atoms with van der Waals surface area (Å²) >= 11 is 0. The maximum Gasteiger partial charge on any atom is 0.252 e. The van der Waals surface area contributed by atoms with Crippen LogP contribution in [0.5, 0.6) is 0 Å². The van der Waals surface area contributed by atoms with Gasteiger partial charge in [-0.25, -0.2) is 0 Å². The van der Waals surface area contributed by atoms with E-state index in [9.17, 15) is 9.90 Å². The Kier molecular flexibility index (Phi) is 4.45. The van der Waals surface area contributed by atoms with E-state index >= 15 is 0 Å². The molecule has 2 aromatic heterocycles. The molecule has 0 aliphatic heterocycles. The molecule has 1 atom stereocenters. The molecule has 0 saturated heterocycles. The number of rotatable bonds is 4. The van der Waals surface area contributed by atoms with Crippen LogP contribution >= 0.6 is 0 Å². The number of carbonyl (C=O) groups excluding carboxylic acids is 1. The van der Waals surface area contributed by atoms with Gasteiger partial charge in [-0.1, -0.05) is 30.3 Å². The summed E-state index contributed by atoms with van der Waals surface area (Å²) < 4.78 is 0. The Morgan fingerprint density at radius 2 is 1.86 bits per heavy atom. The predicted octanol–water partition coefficient (Wildman–Crippen LogP) is 4.03. The summed E-state index contributed by atoms with van der Waals surface area (Å²) in [6, 6.07) is 17.4. The molecule has 5 rings (SSSR count). The van der Waals surface area contributed by atoms with Crippen LogP contribution in [0.15, 0.2) is 73.2 Å². The van der Waals surface area contributed by atoms with Crippen molar-refractivity contribution in [3.8, 4) is 0 Å². The van der Waals surface area contributed by atoms with Crippen molar-refractivity contribution in [1.29, 1.82) is 0 Å². The second-order valence-electron chi connectivity index (χ2n) is 7.70. The van der Waals surface area contributed by atoms with Crippen LogP contribution in [-0.4, -0.2) is 27.1 Å². The zero-order chi connectivity index (χ0) is 19.8. The second kappa shape index (κ2) is 7.26. The Morgan fingerprint density at radius 1 is 1.03 bits per heavy atom. The molecule has 2 N–H and O–H groups in total. The van der Waals surface area contributed by atoms with Crippen LogP contribution in [0.3, 0.4) is 0 Å². The van der Waals surface area contributed by atoms with Gasteiger partial charge in [0.05, 0.1) is 17.7 Å². The topological polar surface area (TPSA) is 75.1 Å². The van der Waals surface area contributed by atoms with E-state index in [0.717, 1.165) is 27.2 Å². The number of aliphatic hydroxyl groups is 1. The largest absolute Gasteiger partial charge is 0.393 e. The lowest BCUT2D eigenvalue weighted by Gasteiger charge is -2.38. The highest BCUT2D eigenvalue weighted by molar-refractivity contribution is 6.07. The van der Waals surface area contributed by atoms with E-state index in [1.807, 2.05) is 54.7 Å². The van der Waals surface area contributed by atoms with Crippen molar-refractivity contribution in [2.75, 3.05) is 0 Å². The third-order valence-electron chi connectivity index (χ3n) is 5.80. The Labute approximate surface area is 168 Å². The number of amides is 1.